The second-order valence-electron chi connectivity index (χ2n) is 3.93. The fourth-order valence-electron chi connectivity index (χ4n) is 1.69. The Kier molecular flexibility index (Phi) is 3.01. The number of nitrogens with two attached hydrogens (primary N) is 1. The first kappa shape index (κ1) is 13.1. The molecule has 0 aliphatic heterocycles. The summed E-state index contributed by atoms with van der Waals surface area (Å²) in [6, 6.07) is 3.55. The average Bonchev–Trinajstić information content (AvgIpc) is 2.75. The molecule has 0 bridgehead atoms. The smallest absolute Gasteiger partial charge is 0.364 e. The molecule has 1 aromatic carbocycles. The van der Waals surface area contributed by atoms with E-state index >= 15 is 0 Å². The van der Waals surface area contributed by atoms with Crippen LogP contribution in [0.25, 0.3) is 11.3 Å². The van der Waals surface area contributed by atoms with Crippen molar-refractivity contribution in [2.75, 3.05) is 0 Å². The maximum Gasteiger partial charge on any atom is 0.417 e. The lowest BCUT2D eigenvalue weighted by molar-refractivity contribution is -0.137. The molecule has 0 saturated carbocycles. The normalized spacial score (nSPS) is 11.6. The van der Waals surface area contributed by atoms with Gasteiger partial charge in [-0.3, -0.25) is 4.79 Å². The van der Waals surface area contributed by atoms with Crippen molar-refractivity contribution in [2.24, 2.45) is 5.73 Å². The predicted octanol–water partition coefficient (Wildman–Crippen LogP) is 1.90. The Bertz CT molecular complexity index is 633. The Morgan fingerprint density at radius 3 is 2.58 bits per heavy atom. The standard InChI is InChI=1S/C11H9F3N4O/c1-5-2-3-7(11(12,13)14)6(4-5)8-9(10(15)19)17-18-16-8/h2-4H,1H3,(H2,15,19)(H,16,17,18). The van der Waals surface area contributed by atoms with Gasteiger partial charge in [0, 0.05) is 5.56 Å². The van der Waals surface area contributed by atoms with Crippen molar-refractivity contribution in [3.8, 4) is 11.3 Å². The number of nitrogens with zero attached hydrogens (tertiary/aromatic N) is 2. The van der Waals surface area contributed by atoms with E-state index in [1.807, 2.05) is 0 Å². The first-order valence-electron chi connectivity index (χ1n) is 5.19. The molecule has 2 aromatic rings. The molecule has 0 saturated heterocycles. The molecule has 0 aliphatic rings. The van der Waals surface area contributed by atoms with Gasteiger partial charge >= 0.3 is 6.18 Å². The zero-order valence-electron chi connectivity index (χ0n) is 9.75. The molecule has 0 unspecified atom stereocenters. The lowest BCUT2D eigenvalue weighted by Gasteiger charge is -2.12. The van der Waals surface area contributed by atoms with E-state index in [4.69, 9.17) is 5.73 Å². The minimum absolute atomic E-state index is 0.205. The van der Waals surface area contributed by atoms with Gasteiger partial charge in [-0.2, -0.15) is 28.6 Å². The molecule has 5 nitrogen and oxygen atoms in total. The molecule has 0 atom stereocenters. The van der Waals surface area contributed by atoms with E-state index in [-0.39, 0.29) is 17.0 Å². The van der Waals surface area contributed by atoms with Crippen LogP contribution < -0.4 is 5.73 Å². The van der Waals surface area contributed by atoms with E-state index in [9.17, 15) is 18.0 Å². The second-order valence-corrected chi connectivity index (χ2v) is 3.93. The van der Waals surface area contributed by atoms with Gasteiger partial charge in [0.05, 0.1) is 5.56 Å². The predicted molar refractivity (Wildman–Crippen MR) is 60.1 cm³/mol. The Morgan fingerprint density at radius 2 is 2.00 bits per heavy atom. The maximum absolute atomic E-state index is 12.9. The highest BCUT2D eigenvalue weighted by molar-refractivity contribution is 5.97. The number of carbonyl (C=O) groups is 1. The third-order valence-electron chi connectivity index (χ3n) is 2.52. The molecule has 8 heteroatoms. The number of amides is 1. The summed E-state index contributed by atoms with van der Waals surface area (Å²) >= 11 is 0. The third-order valence-corrected chi connectivity index (χ3v) is 2.52. The van der Waals surface area contributed by atoms with Crippen molar-refractivity contribution >= 4 is 5.91 Å². The van der Waals surface area contributed by atoms with E-state index in [0.717, 1.165) is 6.07 Å². The van der Waals surface area contributed by atoms with Crippen molar-refractivity contribution in [2.45, 2.75) is 13.1 Å². The van der Waals surface area contributed by atoms with Crippen LogP contribution in [-0.4, -0.2) is 21.3 Å². The molecule has 100 valence electrons. The monoisotopic (exact) mass is 270 g/mol. The van der Waals surface area contributed by atoms with E-state index in [1.165, 1.54) is 12.1 Å². The Hall–Kier alpha value is -2.38. The molecule has 1 heterocycles. The van der Waals surface area contributed by atoms with E-state index < -0.39 is 17.6 Å². The van der Waals surface area contributed by atoms with Crippen LogP contribution in [0, 0.1) is 6.92 Å². The number of hydrogen-bond donors (Lipinski definition) is 2. The van der Waals surface area contributed by atoms with Crippen molar-refractivity contribution < 1.29 is 18.0 Å². The number of aromatic amines is 1. The molecule has 19 heavy (non-hydrogen) atoms. The SMILES string of the molecule is Cc1ccc(C(F)(F)F)c(-c2n[nH]nc2C(N)=O)c1. The molecule has 0 radical (unpaired) electrons. The Labute approximate surface area is 105 Å². The first-order valence-corrected chi connectivity index (χ1v) is 5.19. The summed E-state index contributed by atoms with van der Waals surface area (Å²) in [7, 11) is 0. The number of hydrogen-bond acceptors (Lipinski definition) is 3. The molecule has 2 rings (SSSR count). The summed E-state index contributed by atoms with van der Waals surface area (Å²) in [6.45, 7) is 1.63. The largest absolute Gasteiger partial charge is 0.417 e. The van der Waals surface area contributed by atoms with Crippen LogP contribution in [-0.2, 0) is 6.18 Å². The molecule has 0 spiro atoms. The molecule has 1 aromatic heterocycles. The Balaban J connectivity index is 2.70. The lowest BCUT2D eigenvalue weighted by atomic mass is 10.00. The van der Waals surface area contributed by atoms with Crippen molar-refractivity contribution in [1.82, 2.24) is 15.4 Å². The maximum atomic E-state index is 12.9. The van der Waals surface area contributed by atoms with E-state index in [0.29, 0.717) is 5.56 Å². The molecule has 3 N–H and O–H groups in total. The van der Waals surface area contributed by atoms with Gasteiger partial charge in [-0.1, -0.05) is 11.6 Å². The number of aryl methyl sites for hydroxylation is 1. The highest BCUT2D eigenvalue weighted by Crippen LogP contribution is 2.37. The highest BCUT2D eigenvalue weighted by Gasteiger charge is 2.35. The highest BCUT2D eigenvalue weighted by atomic mass is 19.4. The van der Waals surface area contributed by atoms with E-state index in [2.05, 4.69) is 15.4 Å². The molecule has 0 aliphatic carbocycles. The zero-order chi connectivity index (χ0) is 14.2. The van der Waals surface area contributed by atoms with Gasteiger partial charge in [0.2, 0.25) is 0 Å². The molecular weight excluding hydrogens is 261 g/mol. The summed E-state index contributed by atoms with van der Waals surface area (Å²) in [4.78, 5) is 11.1. The van der Waals surface area contributed by atoms with E-state index in [1.54, 1.807) is 6.92 Å². The van der Waals surface area contributed by atoms with Gasteiger partial charge in [-0.05, 0) is 19.1 Å². The van der Waals surface area contributed by atoms with Crippen LogP contribution in [0.5, 0.6) is 0 Å². The summed E-state index contributed by atoms with van der Waals surface area (Å²) in [6.07, 6.45) is -4.56. The number of H-pyrrole nitrogens is 1. The number of rotatable bonds is 2. The number of nitrogens with one attached hydrogen (secondary N) is 1. The fourth-order valence-corrected chi connectivity index (χ4v) is 1.69. The topological polar surface area (TPSA) is 84.7 Å². The number of primary amides is 1. The first-order chi connectivity index (χ1) is 8.80. The average molecular weight is 270 g/mol. The van der Waals surface area contributed by atoms with Gasteiger partial charge in [0.15, 0.2) is 5.69 Å². The third kappa shape index (κ3) is 2.42. The zero-order valence-corrected chi connectivity index (χ0v) is 9.75. The number of alkyl halides is 3. The van der Waals surface area contributed by atoms with Crippen LogP contribution in [0.1, 0.15) is 21.6 Å². The quantitative estimate of drug-likeness (QED) is 0.874. The van der Waals surface area contributed by atoms with Crippen LogP contribution in [0.2, 0.25) is 0 Å². The minimum atomic E-state index is -4.56. The second kappa shape index (κ2) is 4.38. The molecular formula is C11H9F3N4O. The van der Waals surface area contributed by atoms with Crippen molar-refractivity contribution in [3.63, 3.8) is 0 Å². The van der Waals surface area contributed by atoms with Crippen LogP contribution in [0.15, 0.2) is 18.2 Å². The van der Waals surface area contributed by atoms with Gasteiger partial charge in [0.25, 0.3) is 5.91 Å². The summed E-state index contributed by atoms with van der Waals surface area (Å²) < 4.78 is 38.8. The lowest BCUT2D eigenvalue weighted by Crippen LogP contribution is -2.14. The number of halogens is 3. The minimum Gasteiger partial charge on any atom is -0.364 e. The van der Waals surface area contributed by atoms with Crippen molar-refractivity contribution in [1.29, 1.82) is 0 Å². The van der Waals surface area contributed by atoms with Crippen molar-refractivity contribution in [3.05, 3.63) is 35.0 Å². The van der Waals surface area contributed by atoms with Gasteiger partial charge < -0.3 is 5.73 Å². The van der Waals surface area contributed by atoms with Gasteiger partial charge in [0.1, 0.15) is 5.69 Å². The van der Waals surface area contributed by atoms with Gasteiger partial charge in [-0.15, -0.1) is 0 Å². The van der Waals surface area contributed by atoms with Crippen LogP contribution in [0.3, 0.4) is 0 Å². The number of carbonyl (C=O) groups excluding carboxylic acids is 1. The molecule has 1 amide bonds. The fraction of sp³-hybridized carbons (Fsp3) is 0.182. The van der Waals surface area contributed by atoms with Crippen LogP contribution >= 0.6 is 0 Å². The van der Waals surface area contributed by atoms with Gasteiger partial charge in [-0.25, -0.2) is 0 Å². The van der Waals surface area contributed by atoms with Crippen LogP contribution in [0.4, 0.5) is 13.2 Å². The number of aromatic nitrogens is 3. The summed E-state index contributed by atoms with van der Waals surface area (Å²) in [5.74, 6) is -0.946. The molecule has 0 fully saturated rings. The number of benzene rings is 1. The summed E-state index contributed by atoms with van der Waals surface area (Å²) in [5.41, 5.74) is 4.00. The summed E-state index contributed by atoms with van der Waals surface area (Å²) in [5, 5.41) is 9.16. The Morgan fingerprint density at radius 1 is 1.32 bits per heavy atom.